The minimum absolute atomic E-state index is 0.391. The van der Waals surface area contributed by atoms with Gasteiger partial charge in [0.25, 0.3) is 11.7 Å². The average molecular weight is 223 g/mol. The van der Waals surface area contributed by atoms with Crippen molar-refractivity contribution in [2.45, 2.75) is 6.92 Å². The Morgan fingerprint density at radius 3 is 2.40 bits per heavy atom. The van der Waals surface area contributed by atoms with Crippen LogP contribution in [0.3, 0.4) is 0 Å². The van der Waals surface area contributed by atoms with Crippen LogP contribution in [0.25, 0.3) is 0 Å². The molecule has 0 fully saturated rings. The third kappa shape index (κ3) is 1.93. The minimum atomic E-state index is -0.413. The second-order valence-electron chi connectivity index (χ2n) is 2.90. The number of amides is 1. The van der Waals surface area contributed by atoms with Crippen LogP contribution in [0.4, 0.5) is 5.69 Å². The second-order valence-corrected chi connectivity index (χ2v) is 2.90. The fraction of sp³-hybridized carbons (Fsp3) is 0.273. The first-order valence-corrected chi connectivity index (χ1v) is 5.94. The Morgan fingerprint density at radius 1 is 1.20 bits per heavy atom. The van der Waals surface area contributed by atoms with Crippen molar-refractivity contribution in [3.8, 4) is 0 Å². The molecule has 15 heavy (non-hydrogen) atoms. The number of benzene rings is 1. The van der Waals surface area contributed by atoms with Crippen molar-refractivity contribution in [3.05, 3.63) is 29.8 Å². The quantitative estimate of drug-likeness (QED) is 0.537. The Hall–Kier alpha value is -1.21. The van der Waals surface area contributed by atoms with Gasteiger partial charge in [-0.1, -0.05) is 18.8 Å². The SMILES string of the molecule is CCN1C(=O)C(=O)c2ccccc21.CP. The van der Waals surface area contributed by atoms with Crippen molar-refractivity contribution in [1.82, 2.24) is 0 Å². The molecule has 0 aromatic heterocycles. The van der Waals surface area contributed by atoms with Gasteiger partial charge in [0.15, 0.2) is 0 Å². The third-order valence-corrected chi connectivity index (χ3v) is 2.20. The first-order chi connectivity index (χ1) is 7.25. The van der Waals surface area contributed by atoms with Crippen LogP contribution < -0.4 is 4.90 Å². The minimum Gasteiger partial charge on any atom is -0.305 e. The van der Waals surface area contributed by atoms with Crippen molar-refractivity contribution < 1.29 is 9.59 Å². The summed E-state index contributed by atoms with van der Waals surface area (Å²) in [6.45, 7) is 4.31. The lowest BCUT2D eigenvalue weighted by Gasteiger charge is -2.12. The lowest BCUT2D eigenvalue weighted by molar-refractivity contribution is -0.114. The predicted octanol–water partition coefficient (Wildman–Crippen LogP) is 1.73. The van der Waals surface area contributed by atoms with Crippen LogP contribution in [-0.2, 0) is 4.79 Å². The highest BCUT2D eigenvalue weighted by Crippen LogP contribution is 2.27. The molecule has 1 aliphatic heterocycles. The van der Waals surface area contributed by atoms with Crippen LogP contribution in [0.1, 0.15) is 17.3 Å². The van der Waals surface area contributed by atoms with Crippen LogP contribution >= 0.6 is 9.24 Å². The zero-order valence-electron chi connectivity index (χ0n) is 8.86. The number of fused-ring (bicyclic) bond motifs is 1. The van der Waals surface area contributed by atoms with E-state index in [0.29, 0.717) is 12.1 Å². The van der Waals surface area contributed by atoms with Gasteiger partial charge in [0.05, 0.1) is 11.3 Å². The van der Waals surface area contributed by atoms with Crippen LogP contribution in [0, 0.1) is 0 Å². The molecule has 1 aromatic rings. The molecule has 0 aliphatic carbocycles. The van der Waals surface area contributed by atoms with Gasteiger partial charge in [-0.25, -0.2) is 0 Å². The largest absolute Gasteiger partial charge is 0.305 e. The molecule has 0 N–H and O–H groups in total. The molecule has 1 heterocycles. The Morgan fingerprint density at radius 2 is 1.80 bits per heavy atom. The van der Waals surface area contributed by atoms with E-state index in [-0.39, 0.29) is 0 Å². The maximum atomic E-state index is 11.4. The van der Waals surface area contributed by atoms with Gasteiger partial charge >= 0.3 is 0 Å². The molecular weight excluding hydrogens is 209 g/mol. The van der Waals surface area contributed by atoms with Gasteiger partial charge in [0, 0.05) is 6.54 Å². The maximum Gasteiger partial charge on any atom is 0.299 e. The summed E-state index contributed by atoms with van der Waals surface area (Å²) in [7, 11) is 2.42. The number of carbonyl (C=O) groups excluding carboxylic acids is 2. The van der Waals surface area contributed by atoms with E-state index in [4.69, 9.17) is 0 Å². The molecular formula is C11H14NO2P. The molecule has 1 unspecified atom stereocenters. The third-order valence-electron chi connectivity index (χ3n) is 2.20. The molecule has 0 saturated carbocycles. The molecule has 3 nitrogen and oxygen atoms in total. The first kappa shape index (κ1) is 11.9. The van der Waals surface area contributed by atoms with Gasteiger partial charge in [0.2, 0.25) is 0 Å². The number of para-hydroxylation sites is 1. The Bertz CT molecular complexity index is 390. The maximum absolute atomic E-state index is 11.4. The molecule has 0 spiro atoms. The summed E-state index contributed by atoms with van der Waals surface area (Å²) < 4.78 is 0. The molecule has 0 bridgehead atoms. The summed E-state index contributed by atoms with van der Waals surface area (Å²) in [6, 6.07) is 7.07. The van der Waals surface area contributed by atoms with Gasteiger partial charge in [-0.15, -0.1) is 9.24 Å². The number of carbonyl (C=O) groups is 2. The number of hydrogen-bond acceptors (Lipinski definition) is 2. The molecule has 4 heteroatoms. The van der Waals surface area contributed by atoms with E-state index < -0.39 is 11.7 Å². The second kappa shape index (κ2) is 5.04. The van der Waals surface area contributed by atoms with Gasteiger partial charge in [-0.3, -0.25) is 9.59 Å². The normalized spacial score (nSPS) is 13.4. The van der Waals surface area contributed by atoms with Gasteiger partial charge in [-0.2, -0.15) is 0 Å². The molecule has 80 valence electrons. The molecule has 1 amide bonds. The number of Topliss-reactive ketones (excluding diaryl/α,β-unsaturated/α-hetero) is 1. The average Bonchev–Trinajstić information content (AvgIpc) is 2.55. The Kier molecular flexibility index (Phi) is 3.98. The van der Waals surface area contributed by atoms with Gasteiger partial charge in [0.1, 0.15) is 0 Å². The van der Waals surface area contributed by atoms with E-state index in [1.54, 1.807) is 18.2 Å². The summed E-state index contributed by atoms with van der Waals surface area (Å²) >= 11 is 0. The van der Waals surface area contributed by atoms with Crippen LogP contribution in [-0.4, -0.2) is 24.9 Å². The van der Waals surface area contributed by atoms with Crippen molar-refractivity contribution in [3.63, 3.8) is 0 Å². The zero-order valence-corrected chi connectivity index (χ0v) is 10.0. The lowest BCUT2D eigenvalue weighted by Crippen LogP contribution is -2.29. The standard InChI is InChI=1S/C10H9NO2.CH5P/c1-2-11-8-6-4-3-5-7(8)9(12)10(11)13;1-2/h3-6H,2H2,1H3;2H2,1H3. The highest BCUT2D eigenvalue weighted by atomic mass is 31.0. The highest BCUT2D eigenvalue weighted by Gasteiger charge is 2.33. The fourth-order valence-electron chi connectivity index (χ4n) is 1.56. The van der Waals surface area contributed by atoms with E-state index >= 15 is 0 Å². The topological polar surface area (TPSA) is 37.4 Å². The lowest BCUT2D eigenvalue weighted by atomic mass is 10.1. The van der Waals surface area contributed by atoms with Gasteiger partial charge in [-0.05, 0) is 19.1 Å². The number of rotatable bonds is 1. The van der Waals surface area contributed by atoms with E-state index in [0.717, 1.165) is 5.69 Å². The van der Waals surface area contributed by atoms with E-state index in [1.165, 1.54) is 4.90 Å². The molecule has 0 saturated heterocycles. The highest BCUT2D eigenvalue weighted by molar-refractivity contribution is 7.15. The predicted molar refractivity (Wildman–Crippen MR) is 64.4 cm³/mol. The van der Waals surface area contributed by atoms with Crippen LogP contribution in [0.2, 0.25) is 0 Å². The van der Waals surface area contributed by atoms with Gasteiger partial charge < -0.3 is 4.90 Å². The first-order valence-electron chi connectivity index (χ1n) is 4.78. The molecule has 1 atom stereocenters. The summed E-state index contributed by atoms with van der Waals surface area (Å²) in [5.74, 6) is -0.804. The Labute approximate surface area is 91.7 Å². The smallest absolute Gasteiger partial charge is 0.299 e. The van der Waals surface area contributed by atoms with E-state index in [9.17, 15) is 9.59 Å². The van der Waals surface area contributed by atoms with Crippen LogP contribution in [0.5, 0.6) is 0 Å². The fourth-order valence-corrected chi connectivity index (χ4v) is 1.56. The Balaban J connectivity index is 0.000000531. The summed E-state index contributed by atoms with van der Waals surface area (Å²) in [5.41, 5.74) is 1.26. The zero-order chi connectivity index (χ0) is 11.4. The summed E-state index contributed by atoms with van der Waals surface area (Å²) in [4.78, 5) is 24.2. The van der Waals surface area contributed by atoms with Crippen molar-refractivity contribution >= 4 is 26.6 Å². The van der Waals surface area contributed by atoms with Crippen molar-refractivity contribution in [1.29, 1.82) is 0 Å². The van der Waals surface area contributed by atoms with E-state index in [1.807, 2.05) is 19.7 Å². The number of nitrogens with zero attached hydrogens (tertiary/aromatic N) is 1. The molecule has 2 rings (SSSR count). The summed E-state index contributed by atoms with van der Waals surface area (Å²) in [6.07, 6.45) is 0. The number of anilines is 1. The molecule has 1 aromatic carbocycles. The molecule has 0 radical (unpaired) electrons. The summed E-state index contributed by atoms with van der Waals surface area (Å²) in [5, 5.41) is 0. The number of ketones is 1. The monoisotopic (exact) mass is 223 g/mol. The molecule has 1 aliphatic rings. The van der Waals surface area contributed by atoms with Crippen LogP contribution in [0.15, 0.2) is 24.3 Å². The van der Waals surface area contributed by atoms with E-state index in [2.05, 4.69) is 9.24 Å². The number of hydrogen-bond donors (Lipinski definition) is 0. The number of likely N-dealkylation sites (N-methyl/N-ethyl adjacent to an activating group) is 1. The van der Waals surface area contributed by atoms with Crippen molar-refractivity contribution in [2.24, 2.45) is 0 Å². The van der Waals surface area contributed by atoms with Crippen molar-refractivity contribution in [2.75, 3.05) is 18.1 Å².